The zero-order chi connectivity index (χ0) is 12.1. The van der Waals surface area contributed by atoms with Crippen molar-refractivity contribution in [2.24, 2.45) is 0 Å². The van der Waals surface area contributed by atoms with Crippen molar-refractivity contribution in [2.45, 2.75) is 6.54 Å². The molecule has 2 aromatic rings. The maximum atomic E-state index is 8.55. The predicted molar refractivity (Wildman–Crippen MR) is 61.1 cm³/mol. The van der Waals surface area contributed by atoms with Gasteiger partial charge in [-0.1, -0.05) is 6.07 Å². The first-order valence-electron chi connectivity index (χ1n) is 5.06. The minimum absolute atomic E-state index is 0.161. The van der Waals surface area contributed by atoms with Crippen molar-refractivity contribution in [3.63, 3.8) is 0 Å². The number of nitrogen functional groups attached to an aromatic ring is 1. The fraction of sp³-hybridized carbons (Fsp3) is 0.182. The van der Waals surface area contributed by atoms with Crippen LogP contribution in [0.1, 0.15) is 5.82 Å². The van der Waals surface area contributed by atoms with Gasteiger partial charge in [0.15, 0.2) is 0 Å². The van der Waals surface area contributed by atoms with Crippen molar-refractivity contribution >= 4 is 5.69 Å². The first-order chi connectivity index (χ1) is 8.28. The van der Waals surface area contributed by atoms with Crippen molar-refractivity contribution in [1.82, 2.24) is 14.8 Å². The van der Waals surface area contributed by atoms with E-state index < -0.39 is 0 Å². The van der Waals surface area contributed by atoms with Crippen molar-refractivity contribution < 1.29 is 4.74 Å². The van der Waals surface area contributed by atoms with E-state index in [-0.39, 0.29) is 5.82 Å². The maximum Gasteiger partial charge on any atom is 0.252 e. The summed E-state index contributed by atoms with van der Waals surface area (Å²) in [5.41, 5.74) is 6.28. The van der Waals surface area contributed by atoms with Gasteiger partial charge in [0.25, 0.3) is 5.82 Å². The molecule has 2 N–H and O–H groups in total. The fourth-order valence-electron chi connectivity index (χ4n) is 1.31. The Morgan fingerprint density at radius 2 is 2.35 bits per heavy atom. The van der Waals surface area contributed by atoms with Crippen LogP contribution in [-0.2, 0) is 6.54 Å². The number of hydrogen-bond donors (Lipinski definition) is 1. The molecule has 1 aromatic carbocycles. The molecule has 0 saturated heterocycles. The average molecular weight is 229 g/mol. The van der Waals surface area contributed by atoms with Gasteiger partial charge in [0.1, 0.15) is 24.8 Å². The molecular formula is C11H11N5O. The molecule has 17 heavy (non-hydrogen) atoms. The topological polar surface area (TPSA) is 89.8 Å². The number of hydrogen-bond acceptors (Lipinski definition) is 5. The quantitative estimate of drug-likeness (QED) is 0.783. The minimum atomic E-state index is 0.161. The van der Waals surface area contributed by atoms with Crippen LogP contribution in [0.2, 0.25) is 0 Å². The molecule has 0 atom stereocenters. The first kappa shape index (κ1) is 11.0. The summed E-state index contributed by atoms with van der Waals surface area (Å²) in [6, 6.07) is 9.07. The smallest absolute Gasteiger partial charge is 0.252 e. The molecule has 0 aliphatic carbocycles. The lowest BCUT2D eigenvalue weighted by atomic mass is 10.3. The molecule has 1 aromatic heterocycles. The summed E-state index contributed by atoms with van der Waals surface area (Å²) in [6.07, 6.45) is 1.50. The van der Waals surface area contributed by atoms with E-state index >= 15 is 0 Å². The van der Waals surface area contributed by atoms with Crippen LogP contribution in [0.25, 0.3) is 0 Å². The van der Waals surface area contributed by atoms with Crippen LogP contribution in [0.5, 0.6) is 5.75 Å². The summed E-state index contributed by atoms with van der Waals surface area (Å²) in [7, 11) is 0. The number of aromatic nitrogens is 3. The Morgan fingerprint density at radius 3 is 3.06 bits per heavy atom. The highest BCUT2D eigenvalue weighted by atomic mass is 16.5. The Hall–Kier alpha value is -2.55. The highest BCUT2D eigenvalue weighted by Gasteiger charge is 1.99. The molecule has 0 fully saturated rings. The number of ether oxygens (including phenoxy) is 1. The van der Waals surface area contributed by atoms with E-state index in [4.69, 9.17) is 15.7 Å². The molecule has 0 bridgehead atoms. The summed E-state index contributed by atoms with van der Waals surface area (Å²) < 4.78 is 7.04. The third-order valence-electron chi connectivity index (χ3n) is 2.08. The first-order valence-corrected chi connectivity index (χ1v) is 5.06. The van der Waals surface area contributed by atoms with Crippen LogP contribution in [0.4, 0.5) is 5.69 Å². The largest absolute Gasteiger partial charge is 0.492 e. The Kier molecular flexibility index (Phi) is 3.21. The van der Waals surface area contributed by atoms with Gasteiger partial charge in [0.05, 0.1) is 6.54 Å². The molecule has 0 spiro atoms. The summed E-state index contributed by atoms with van der Waals surface area (Å²) in [4.78, 5) is 3.79. The van der Waals surface area contributed by atoms with Crippen molar-refractivity contribution in [3.8, 4) is 11.8 Å². The number of nitriles is 1. The van der Waals surface area contributed by atoms with Crippen molar-refractivity contribution in [2.75, 3.05) is 12.3 Å². The van der Waals surface area contributed by atoms with Crippen LogP contribution in [0.3, 0.4) is 0 Å². The number of rotatable bonds is 4. The SMILES string of the molecule is N#Cc1ncn(CCOc2cccc(N)c2)n1. The van der Waals surface area contributed by atoms with Gasteiger partial charge in [-0.05, 0) is 12.1 Å². The van der Waals surface area contributed by atoms with Crippen LogP contribution in [0, 0.1) is 11.3 Å². The highest BCUT2D eigenvalue weighted by molar-refractivity contribution is 5.43. The normalized spacial score (nSPS) is 9.82. The van der Waals surface area contributed by atoms with Gasteiger partial charge in [0, 0.05) is 11.8 Å². The molecule has 0 radical (unpaired) electrons. The lowest BCUT2D eigenvalue weighted by Gasteiger charge is -2.06. The molecule has 86 valence electrons. The van der Waals surface area contributed by atoms with Gasteiger partial charge in [-0.25, -0.2) is 9.67 Å². The monoisotopic (exact) mass is 229 g/mol. The molecule has 6 nitrogen and oxygen atoms in total. The Balaban J connectivity index is 1.85. The zero-order valence-electron chi connectivity index (χ0n) is 9.08. The van der Waals surface area contributed by atoms with E-state index in [9.17, 15) is 0 Å². The van der Waals surface area contributed by atoms with Gasteiger partial charge in [-0.2, -0.15) is 5.26 Å². The summed E-state index contributed by atoms with van der Waals surface area (Å²) in [5, 5.41) is 12.5. The van der Waals surface area contributed by atoms with E-state index in [1.807, 2.05) is 18.2 Å². The Labute approximate surface area is 98.3 Å². The molecule has 2 rings (SSSR count). The van der Waals surface area contributed by atoms with E-state index in [0.29, 0.717) is 24.6 Å². The Morgan fingerprint density at radius 1 is 1.47 bits per heavy atom. The summed E-state index contributed by atoms with van der Waals surface area (Å²) in [6.45, 7) is 0.973. The van der Waals surface area contributed by atoms with Crippen LogP contribution in [0.15, 0.2) is 30.6 Å². The second kappa shape index (κ2) is 4.99. The van der Waals surface area contributed by atoms with Gasteiger partial charge < -0.3 is 10.5 Å². The molecule has 1 heterocycles. The highest BCUT2D eigenvalue weighted by Crippen LogP contribution is 2.14. The number of anilines is 1. The second-order valence-corrected chi connectivity index (χ2v) is 3.36. The van der Waals surface area contributed by atoms with Crippen LogP contribution >= 0.6 is 0 Å². The molecule has 6 heteroatoms. The zero-order valence-corrected chi connectivity index (χ0v) is 9.08. The molecule has 0 aliphatic heterocycles. The van der Waals surface area contributed by atoms with Gasteiger partial charge in [-0.15, -0.1) is 5.10 Å². The van der Waals surface area contributed by atoms with E-state index in [0.717, 1.165) is 0 Å². The van der Waals surface area contributed by atoms with Gasteiger partial charge in [-0.3, -0.25) is 0 Å². The average Bonchev–Trinajstić information content (AvgIpc) is 2.77. The number of nitrogens with two attached hydrogens (primary N) is 1. The third-order valence-corrected chi connectivity index (χ3v) is 2.08. The van der Waals surface area contributed by atoms with Crippen molar-refractivity contribution in [3.05, 3.63) is 36.4 Å². The van der Waals surface area contributed by atoms with E-state index in [1.54, 1.807) is 16.8 Å². The third kappa shape index (κ3) is 2.95. The lowest BCUT2D eigenvalue weighted by Crippen LogP contribution is -2.08. The molecule has 0 unspecified atom stereocenters. The van der Waals surface area contributed by atoms with Crippen molar-refractivity contribution in [1.29, 1.82) is 5.26 Å². The number of benzene rings is 1. The van der Waals surface area contributed by atoms with Crippen LogP contribution in [-0.4, -0.2) is 21.4 Å². The minimum Gasteiger partial charge on any atom is -0.492 e. The molecule has 0 aliphatic rings. The molecular weight excluding hydrogens is 218 g/mol. The Bertz CT molecular complexity index is 543. The lowest BCUT2D eigenvalue weighted by molar-refractivity contribution is 0.291. The maximum absolute atomic E-state index is 8.55. The number of nitrogens with zero attached hydrogens (tertiary/aromatic N) is 4. The predicted octanol–water partition coefficient (Wildman–Crippen LogP) is 0.811. The van der Waals surface area contributed by atoms with Crippen LogP contribution < -0.4 is 10.5 Å². The summed E-state index contributed by atoms with van der Waals surface area (Å²) in [5.74, 6) is 0.875. The second-order valence-electron chi connectivity index (χ2n) is 3.36. The molecule has 0 amide bonds. The molecule has 0 saturated carbocycles. The fourth-order valence-corrected chi connectivity index (χ4v) is 1.31. The standard InChI is InChI=1S/C11H11N5O/c12-7-11-14-8-16(15-11)4-5-17-10-3-1-2-9(13)6-10/h1-3,6,8H,4-5,13H2. The van der Waals surface area contributed by atoms with Gasteiger partial charge in [0.2, 0.25) is 0 Å². The van der Waals surface area contributed by atoms with E-state index in [2.05, 4.69) is 10.1 Å². The van der Waals surface area contributed by atoms with Gasteiger partial charge >= 0.3 is 0 Å². The summed E-state index contributed by atoms with van der Waals surface area (Å²) >= 11 is 0. The van der Waals surface area contributed by atoms with E-state index in [1.165, 1.54) is 6.33 Å².